The molecule has 1 saturated heterocycles. The molecule has 3 heterocycles. The lowest BCUT2D eigenvalue weighted by molar-refractivity contribution is 0.346. The number of sulfonamides is 1. The molecule has 0 spiro atoms. The molecular weight excluding hydrogens is 428 g/mol. The average molecular weight is 451 g/mol. The third-order valence-corrected chi connectivity index (χ3v) is 8.18. The quantitative estimate of drug-likeness (QED) is 0.514. The summed E-state index contributed by atoms with van der Waals surface area (Å²) in [6, 6.07) is 8.99. The lowest BCUT2D eigenvalue weighted by Gasteiger charge is -2.25. The summed E-state index contributed by atoms with van der Waals surface area (Å²) in [7, 11) is -3.47. The second kappa shape index (κ2) is 8.63. The number of piperidine rings is 1. The Morgan fingerprint density at radius 3 is 2.62 bits per heavy atom. The van der Waals surface area contributed by atoms with E-state index in [9.17, 15) is 8.42 Å². The lowest BCUT2D eigenvalue weighted by atomic mass is 10.2. The molecule has 3 aromatic rings. The van der Waals surface area contributed by atoms with Gasteiger partial charge in [-0.25, -0.2) is 18.4 Å². The molecule has 2 aromatic heterocycles. The Morgan fingerprint density at radius 1 is 1.14 bits per heavy atom. The van der Waals surface area contributed by atoms with Gasteiger partial charge in [0, 0.05) is 25.8 Å². The maximum Gasteiger partial charge on any atom is 0.243 e. The van der Waals surface area contributed by atoms with Crippen molar-refractivity contribution in [3.63, 3.8) is 0 Å². The summed E-state index contributed by atoms with van der Waals surface area (Å²) in [6.45, 7) is 4.02. The van der Waals surface area contributed by atoms with Gasteiger partial charge >= 0.3 is 0 Å². The lowest BCUT2D eigenvalue weighted by Crippen LogP contribution is -2.35. The van der Waals surface area contributed by atoms with Gasteiger partial charge in [0.25, 0.3) is 0 Å². The van der Waals surface area contributed by atoms with Crippen LogP contribution >= 0.6 is 23.4 Å². The number of aryl methyl sites for hydroxylation is 1. The van der Waals surface area contributed by atoms with Gasteiger partial charge < -0.3 is 4.57 Å². The third kappa shape index (κ3) is 4.30. The molecule has 9 heteroatoms. The average Bonchev–Trinajstić information content (AvgIpc) is 3.10. The fourth-order valence-corrected chi connectivity index (χ4v) is 6.06. The van der Waals surface area contributed by atoms with E-state index in [1.807, 2.05) is 18.2 Å². The molecular formula is C20H23ClN4O2S2. The minimum absolute atomic E-state index is 0.325. The number of nitrogens with zero attached hydrogens (tertiary/aromatic N) is 4. The topological polar surface area (TPSA) is 68.1 Å². The smallest absolute Gasteiger partial charge is 0.243 e. The Morgan fingerprint density at radius 2 is 1.93 bits per heavy atom. The first-order chi connectivity index (χ1) is 14.0. The molecule has 29 heavy (non-hydrogen) atoms. The fraction of sp³-hybridized carbons (Fsp3) is 0.400. The second-order valence-corrected chi connectivity index (χ2v) is 10.4. The van der Waals surface area contributed by atoms with E-state index in [0.29, 0.717) is 34.3 Å². The van der Waals surface area contributed by atoms with Gasteiger partial charge in [-0.3, -0.25) is 0 Å². The molecule has 1 aliphatic rings. The molecule has 0 bridgehead atoms. The van der Waals surface area contributed by atoms with Crippen molar-refractivity contribution in [3.8, 4) is 0 Å². The van der Waals surface area contributed by atoms with Crippen LogP contribution in [0.3, 0.4) is 0 Å². The normalized spacial score (nSPS) is 15.8. The predicted molar refractivity (Wildman–Crippen MR) is 117 cm³/mol. The van der Waals surface area contributed by atoms with Crippen LogP contribution in [0.1, 0.15) is 32.0 Å². The maximum absolute atomic E-state index is 13.0. The molecule has 0 radical (unpaired) electrons. The van der Waals surface area contributed by atoms with Crippen LogP contribution in [0.2, 0.25) is 5.02 Å². The molecule has 0 amide bonds. The zero-order valence-corrected chi connectivity index (χ0v) is 18.6. The van der Waals surface area contributed by atoms with Gasteiger partial charge in [-0.05, 0) is 50.1 Å². The van der Waals surface area contributed by atoms with Crippen LogP contribution in [0, 0.1) is 0 Å². The Kier molecular flexibility index (Phi) is 6.15. The van der Waals surface area contributed by atoms with Gasteiger partial charge in [0.2, 0.25) is 10.0 Å². The van der Waals surface area contributed by atoms with Gasteiger partial charge in [-0.2, -0.15) is 4.31 Å². The van der Waals surface area contributed by atoms with Crippen molar-refractivity contribution < 1.29 is 8.42 Å². The van der Waals surface area contributed by atoms with Crippen LogP contribution in [0.25, 0.3) is 11.0 Å². The van der Waals surface area contributed by atoms with E-state index in [0.717, 1.165) is 42.2 Å². The Balaban J connectivity index is 1.62. The Hall–Kier alpha value is -1.61. The van der Waals surface area contributed by atoms with E-state index < -0.39 is 10.0 Å². The number of rotatable bonds is 6. The van der Waals surface area contributed by atoms with E-state index >= 15 is 0 Å². The number of pyridine rings is 1. The first-order valence-corrected chi connectivity index (χ1v) is 12.5. The standard InChI is InChI=1S/C20H23ClN4O2S2/c1-2-25-18-8-7-16(29(26,27)24-10-4-3-5-11-24)12-17(18)23-19(25)14-28-20-9-6-15(21)13-22-20/h6-9,12-13H,2-5,10-11,14H2,1H3. The summed E-state index contributed by atoms with van der Waals surface area (Å²) in [5, 5.41) is 1.48. The molecule has 6 nitrogen and oxygen atoms in total. The van der Waals surface area contributed by atoms with Crippen molar-refractivity contribution in [1.29, 1.82) is 0 Å². The zero-order valence-electron chi connectivity index (χ0n) is 16.2. The number of benzene rings is 1. The Bertz CT molecular complexity index is 1110. The molecule has 0 unspecified atom stereocenters. The second-order valence-electron chi connectivity index (χ2n) is 6.99. The molecule has 1 aromatic carbocycles. The van der Waals surface area contributed by atoms with Crippen molar-refractivity contribution in [1.82, 2.24) is 18.8 Å². The molecule has 154 valence electrons. The van der Waals surface area contributed by atoms with Crippen molar-refractivity contribution in [2.75, 3.05) is 13.1 Å². The number of imidazole rings is 1. The summed E-state index contributed by atoms with van der Waals surface area (Å²) < 4.78 is 29.7. The Labute approximate surface area is 180 Å². The van der Waals surface area contributed by atoms with Crippen LogP contribution < -0.4 is 0 Å². The molecule has 0 saturated carbocycles. The summed E-state index contributed by atoms with van der Waals surface area (Å²) in [4.78, 5) is 9.38. The number of halogens is 1. The molecule has 1 aliphatic heterocycles. The SMILES string of the molecule is CCn1c(CSc2ccc(Cl)cn2)nc2cc(S(=O)(=O)N3CCCCC3)ccc21. The monoisotopic (exact) mass is 450 g/mol. The zero-order chi connectivity index (χ0) is 20.4. The minimum Gasteiger partial charge on any atom is -0.328 e. The fourth-order valence-electron chi connectivity index (χ4n) is 3.62. The summed E-state index contributed by atoms with van der Waals surface area (Å²) in [5.41, 5.74) is 1.66. The highest BCUT2D eigenvalue weighted by molar-refractivity contribution is 7.98. The van der Waals surface area contributed by atoms with Gasteiger partial charge in [-0.1, -0.05) is 29.8 Å². The number of thioether (sulfide) groups is 1. The van der Waals surface area contributed by atoms with Crippen molar-refractivity contribution in [3.05, 3.63) is 47.4 Å². The summed E-state index contributed by atoms with van der Waals surface area (Å²) in [5.74, 6) is 1.54. The van der Waals surface area contributed by atoms with Gasteiger partial charge in [0.1, 0.15) is 5.82 Å². The van der Waals surface area contributed by atoms with Crippen molar-refractivity contribution in [2.45, 2.75) is 48.4 Å². The predicted octanol–water partition coefficient (Wildman–Crippen LogP) is 4.57. The van der Waals surface area contributed by atoms with E-state index in [4.69, 9.17) is 16.6 Å². The summed E-state index contributed by atoms with van der Waals surface area (Å²) in [6.07, 6.45) is 4.57. The molecule has 0 aliphatic carbocycles. The van der Waals surface area contributed by atoms with Crippen molar-refractivity contribution >= 4 is 44.4 Å². The first-order valence-electron chi connectivity index (χ1n) is 9.72. The van der Waals surface area contributed by atoms with Gasteiger partial charge in [0.15, 0.2) is 0 Å². The van der Waals surface area contributed by atoms with E-state index in [1.165, 1.54) is 0 Å². The highest BCUT2D eigenvalue weighted by Gasteiger charge is 2.26. The van der Waals surface area contributed by atoms with Gasteiger partial charge in [0.05, 0.1) is 31.7 Å². The van der Waals surface area contributed by atoms with Crippen LogP contribution in [0.4, 0.5) is 0 Å². The molecule has 4 rings (SSSR count). The van der Waals surface area contributed by atoms with E-state index in [-0.39, 0.29) is 0 Å². The molecule has 1 fully saturated rings. The number of hydrogen-bond acceptors (Lipinski definition) is 5. The van der Waals surface area contributed by atoms with E-state index in [1.54, 1.807) is 34.4 Å². The molecule has 0 atom stereocenters. The highest BCUT2D eigenvalue weighted by Crippen LogP contribution is 2.27. The number of hydrogen-bond donors (Lipinski definition) is 0. The van der Waals surface area contributed by atoms with Gasteiger partial charge in [-0.15, -0.1) is 0 Å². The number of fused-ring (bicyclic) bond motifs is 1. The van der Waals surface area contributed by atoms with Crippen LogP contribution in [-0.2, 0) is 22.3 Å². The maximum atomic E-state index is 13.0. The number of aromatic nitrogens is 3. The van der Waals surface area contributed by atoms with Crippen LogP contribution in [-0.4, -0.2) is 40.3 Å². The largest absolute Gasteiger partial charge is 0.328 e. The highest BCUT2D eigenvalue weighted by atomic mass is 35.5. The third-order valence-electron chi connectivity index (χ3n) is 5.12. The van der Waals surface area contributed by atoms with Crippen molar-refractivity contribution in [2.24, 2.45) is 0 Å². The first kappa shape index (κ1) is 20.7. The summed E-state index contributed by atoms with van der Waals surface area (Å²) >= 11 is 7.48. The van der Waals surface area contributed by atoms with E-state index in [2.05, 4.69) is 16.5 Å². The minimum atomic E-state index is -3.47. The van der Waals surface area contributed by atoms with Crippen LogP contribution in [0.5, 0.6) is 0 Å². The van der Waals surface area contributed by atoms with Crippen LogP contribution in [0.15, 0.2) is 46.5 Å². The molecule has 0 N–H and O–H groups in total.